The average Bonchev–Trinajstić information content (AvgIpc) is 3.06. The third-order valence-corrected chi connectivity index (χ3v) is 7.06. The first-order valence-electron chi connectivity index (χ1n) is 8.24. The summed E-state index contributed by atoms with van der Waals surface area (Å²) in [6.45, 7) is 2.02. The predicted molar refractivity (Wildman–Crippen MR) is 111 cm³/mol. The zero-order chi connectivity index (χ0) is 20.5. The molecule has 3 rings (SSSR count). The minimum atomic E-state index is -3.78. The molecular weight excluding hydrogens is 420 g/mol. The van der Waals surface area contributed by atoms with E-state index in [2.05, 4.69) is 10.3 Å². The van der Waals surface area contributed by atoms with Crippen LogP contribution in [0.4, 0.5) is 5.69 Å². The van der Waals surface area contributed by atoms with E-state index >= 15 is 0 Å². The largest absolute Gasteiger partial charge is 0.325 e. The van der Waals surface area contributed by atoms with E-state index < -0.39 is 10.0 Å². The van der Waals surface area contributed by atoms with Crippen LogP contribution in [0, 0.1) is 0 Å². The van der Waals surface area contributed by atoms with Gasteiger partial charge in [-0.05, 0) is 36.8 Å². The van der Waals surface area contributed by atoms with Crippen molar-refractivity contribution in [2.75, 3.05) is 11.1 Å². The van der Waals surface area contributed by atoms with E-state index in [-0.39, 0.29) is 22.1 Å². The van der Waals surface area contributed by atoms with E-state index in [0.717, 1.165) is 23.1 Å². The van der Waals surface area contributed by atoms with Crippen molar-refractivity contribution in [3.8, 4) is 0 Å². The van der Waals surface area contributed by atoms with E-state index in [9.17, 15) is 18.0 Å². The summed E-state index contributed by atoms with van der Waals surface area (Å²) in [6, 6.07) is 7.42. The van der Waals surface area contributed by atoms with Crippen LogP contribution in [0.5, 0.6) is 0 Å². The quantitative estimate of drug-likeness (QED) is 0.448. The molecule has 0 saturated carbocycles. The highest BCUT2D eigenvalue weighted by Crippen LogP contribution is 2.24. The van der Waals surface area contributed by atoms with Crippen molar-refractivity contribution in [2.24, 2.45) is 12.2 Å². The molecule has 2 aromatic heterocycles. The molecule has 3 N–H and O–H groups in total. The fourth-order valence-corrected chi connectivity index (χ4v) is 4.75. The first kappa shape index (κ1) is 20.5. The van der Waals surface area contributed by atoms with Crippen LogP contribution in [-0.2, 0) is 28.3 Å². The Morgan fingerprint density at radius 1 is 1.32 bits per heavy atom. The van der Waals surface area contributed by atoms with E-state index in [4.69, 9.17) is 5.14 Å². The molecule has 0 saturated heterocycles. The van der Waals surface area contributed by atoms with Gasteiger partial charge in [0.1, 0.15) is 4.83 Å². The number of hydrogen-bond acceptors (Lipinski definition) is 7. The molecule has 28 heavy (non-hydrogen) atoms. The highest BCUT2D eigenvalue weighted by Gasteiger charge is 2.14. The summed E-state index contributed by atoms with van der Waals surface area (Å²) in [6.07, 6.45) is 0.833. The Kier molecular flexibility index (Phi) is 5.89. The maximum absolute atomic E-state index is 12.5. The Balaban J connectivity index is 1.70. The van der Waals surface area contributed by atoms with Crippen molar-refractivity contribution in [1.82, 2.24) is 9.55 Å². The number of amides is 1. The van der Waals surface area contributed by atoms with Crippen LogP contribution >= 0.6 is 23.1 Å². The van der Waals surface area contributed by atoms with Gasteiger partial charge < -0.3 is 5.32 Å². The number of sulfonamides is 1. The van der Waals surface area contributed by atoms with Crippen molar-refractivity contribution in [2.45, 2.75) is 23.4 Å². The van der Waals surface area contributed by atoms with Gasteiger partial charge in [-0.2, -0.15) is 0 Å². The number of primary sulfonamides is 1. The van der Waals surface area contributed by atoms with Crippen LogP contribution in [0.2, 0.25) is 0 Å². The Hall–Kier alpha value is -2.21. The molecule has 1 aromatic carbocycles. The number of nitrogens with zero attached hydrogens (tertiary/aromatic N) is 2. The first-order valence-corrected chi connectivity index (χ1v) is 11.6. The molecule has 0 fully saturated rings. The molecule has 148 valence electrons. The summed E-state index contributed by atoms with van der Waals surface area (Å²) in [7, 11) is -2.15. The van der Waals surface area contributed by atoms with Gasteiger partial charge in [-0.1, -0.05) is 18.7 Å². The predicted octanol–water partition coefficient (Wildman–Crippen LogP) is 1.94. The van der Waals surface area contributed by atoms with Crippen LogP contribution in [-0.4, -0.2) is 29.6 Å². The molecule has 1 amide bonds. The first-order chi connectivity index (χ1) is 13.2. The lowest BCUT2D eigenvalue weighted by atomic mass is 10.3. The van der Waals surface area contributed by atoms with Crippen LogP contribution in [0.25, 0.3) is 10.2 Å². The standard InChI is InChI=1S/C17H18N4O4S3/c1-3-11-8-13-15(27-11)20-17(21(2)16(13)23)26-9-14(22)19-10-4-6-12(7-5-10)28(18,24)25/h4-8H,3,9H2,1-2H3,(H,19,22)(H2,18,24,25). The number of rotatable bonds is 6. The van der Waals surface area contributed by atoms with Gasteiger partial charge in [0.25, 0.3) is 5.56 Å². The number of nitrogens with two attached hydrogens (primary N) is 1. The maximum atomic E-state index is 12.5. The monoisotopic (exact) mass is 438 g/mol. The number of benzene rings is 1. The number of aryl methyl sites for hydroxylation is 1. The molecular formula is C17H18N4O4S3. The van der Waals surface area contributed by atoms with Crippen LogP contribution in [0.3, 0.4) is 0 Å². The van der Waals surface area contributed by atoms with Gasteiger partial charge in [-0.25, -0.2) is 18.5 Å². The third-order valence-electron chi connectivity index (χ3n) is 3.93. The van der Waals surface area contributed by atoms with Gasteiger partial charge in [-0.3, -0.25) is 14.2 Å². The van der Waals surface area contributed by atoms with E-state index in [0.29, 0.717) is 21.1 Å². The summed E-state index contributed by atoms with van der Waals surface area (Å²) in [5.41, 5.74) is 0.309. The minimum absolute atomic E-state index is 0.0326. The summed E-state index contributed by atoms with van der Waals surface area (Å²) in [4.78, 5) is 30.9. The van der Waals surface area contributed by atoms with Gasteiger partial charge in [-0.15, -0.1) is 11.3 Å². The SMILES string of the molecule is CCc1cc2c(=O)n(C)c(SCC(=O)Nc3ccc(S(N)(=O)=O)cc3)nc2s1. The number of anilines is 1. The summed E-state index contributed by atoms with van der Waals surface area (Å²) in [5.74, 6) is -0.252. The lowest BCUT2D eigenvalue weighted by Gasteiger charge is -2.08. The second-order valence-corrected chi connectivity index (χ2v) is 9.57. The fraction of sp³-hybridized carbons (Fsp3) is 0.235. The van der Waals surface area contributed by atoms with Gasteiger partial charge in [0.05, 0.1) is 16.0 Å². The summed E-state index contributed by atoms with van der Waals surface area (Å²) in [5, 5.41) is 8.76. The molecule has 0 aliphatic heterocycles. The number of hydrogen-bond donors (Lipinski definition) is 2. The molecule has 11 heteroatoms. The fourth-order valence-electron chi connectivity index (χ4n) is 2.46. The second-order valence-electron chi connectivity index (χ2n) is 5.95. The molecule has 0 atom stereocenters. The van der Waals surface area contributed by atoms with Crippen molar-refractivity contribution in [3.63, 3.8) is 0 Å². The number of thiophene rings is 1. The van der Waals surface area contributed by atoms with Crippen molar-refractivity contribution >= 4 is 54.9 Å². The highest BCUT2D eigenvalue weighted by molar-refractivity contribution is 7.99. The Morgan fingerprint density at radius 3 is 2.61 bits per heavy atom. The number of fused-ring (bicyclic) bond motifs is 1. The normalized spacial score (nSPS) is 11.7. The van der Waals surface area contributed by atoms with Crippen LogP contribution in [0.1, 0.15) is 11.8 Å². The lowest BCUT2D eigenvalue weighted by molar-refractivity contribution is -0.113. The molecule has 0 aliphatic rings. The van der Waals surface area contributed by atoms with Crippen molar-refractivity contribution < 1.29 is 13.2 Å². The van der Waals surface area contributed by atoms with Gasteiger partial charge in [0.2, 0.25) is 15.9 Å². The summed E-state index contributed by atoms with van der Waals surface area (Å²) < 4.78 is 23.9. The smallest absolute Gasteiger partial charge is 0.262 e. The van der Waals surface area contributed by atoms with Crippen LogP contribution < -0.4 is 16.0 Å². The summed E-state index contributed by atoms with van der Waals surface area (Å²) >= 11 is 2.64. The Labute approximate surface area is 169 Å². The van der Waals surface area contributed by atoms with E-state index in [1.165, 1.54) is 40.2 Å². The van der Waals surface area contributed by atoms with Crippen molar-refractivity contribution in [3.05, 3.63) is 45.6 Å². The van der Waals surface area contributed by atoms with E-state index in [1.807, 2.05) is 13.0 Å². The zero-order valence-corrected chi connectivity index (χ0v) is 17.6. The molecule has 0 unspecified atom stereocenters. The molecule has 0 bridgehead atoms. The maximum Gasteiger partial charge on any atom is 0.262 e. The molecule has 0 aliphatic carbocycles. The minimum Gasteiger partial charge on any atom is -0.325 e. The Bertz CT molecular complexity index is 1200. The molecule has 0 spiro atoms. The van der Waals surface area contributed by atoms with Gasteiger partial charge in [0, 0.05) is 17.6 Å². The van der Waals surface area contributed by atoms with E-state index in [1.54, 1.807) is 7.05 Å². The second kappa shape index (κ2) is 8.03. The highest BCUT2D eigenvalue weighted by atomic mass is 32.2. The number of carbonyl (C=O) groups excluding carboxylic acids is 1. The van der Waals surface area contributed by atoms with Gasteiger partial charge >= 0.3 is 0 Å². The van der Waals surface area contributed by atoms with Crippen LogP contribution in [0.15, 0.2) is 45.2 Å². The zero-order valence-electron chi connectivity index (χ0n) is 15.1. The topological polar surface area (TPSA) is 124 Å². The molecule has 8 nitrogen and oxygen atoms in total. The lowest BCUT2D eigenvalue weighted by Crippen LogP contribution is -2.21. The number of thioether (sulfide) groups is 1. The number of aromatic nitrogens is 2. The number of carbonyl (C=O) groups is 1. The van der Waals surface area contributed by atoms with Gasteiger partial charge in [0.15, 0.2) is 5.16 Å². The molecule has 0 radical (unpaired) electrons. The van der Waals surface area contributed by atoms with Crippen molar-refractivity contribution in [1.29, 1.82) is 0 Å². The molecule has 3 aromatic rings. The number of nitrogens with one attached hydrogen (secondary N) is 1. The molecule has 2 heterocycles. The third kappa shape index (κ3) is 4.43. The Morgan fingerprint density at radius 2 is 2.00 bits per heavy atom. The average molecular weight is 439 g/mol.